The van der Waals surface area contributed by atoms with Gasteiger partial charge in [-0.05, 0) is 36.1 Å². The molecule has 1 fully saturated rings. The first kappa shape index (κ1) is 17.4. The highest BCUT2D eigenvalue weighted by Gasteiger charge is 2.15. The lowest BCUT2D eigenvalue weighted by Gasteiger charge is -2.35. The number of piperazine rings is 1. The van der Waals surface area contributed by atoms with E-state index < -0.39 is 0 Å². The number of halogens is 1. The second kappa shape index (κ2) is 9.22. The van der Waals surface area contributed by atoms with Crippen molar-refractivity contribution >= 4 is 27.3 Å². The van der Waals surface area contributed by atoms with Gasteiger partial charge in [-0.25, -0.2) is 0 Å². The third-order valence-electron chi connectivity index (χ3n) is 3.85. The molecule has 2 heterocycles. The second-order valence-electron chi connectivity index (χ2n) is 5.89. The van der Waals surface area contributed by atoms with E-state index in [2.05, 4.69) is 61.5 Å². The van der Waals surface area contributed by atoms with Gasteiger partial charge in [0.2, 0.25) is 0 Å². The highest BCUT2D eigenvalue weighted by Crippen LogP contribution is 2.19. The molecule has 0 atom stereocenters. The highest BCUT2D eigenvalue weighted by atomic mass is 79.9. The van der Waals surface area contributed by atoms with E-state index in [9.17, 15) is 0 Å². The second-order valence-corrected chi connectivity index (χ2v) is 7.81. The first-order valence-corrected chi connectivity index (χ1v) is 9.34. The average Bonchev–Trinajstić information content (AvgIpc) is 2.88. The Hall–Kier alpha value is 0.0200. The van der Waals surface area contributed by atoms with Crippen molar-refractivity contribution in [2.45, 2.75) is 6.54 Å². The van der Waals surface area contributed by atoms with E-state index in [4.69, 9.17) is 0 Å². The lowest BCUT2D eigenvalue weighted by atomic mass is 10.3. The predicted octanol–water partition coefficient (Wildman–Crippen LogP) is 1.78. The van der Waals surface area contributed by atoms with Crippen LogP contribution in [-0.2, 0) is 6.54 Å². The quantitative estimate of drug-likeness (QED) is 0.700. The minimum Gasteiger partial charge on any atom is -0.311 e. The van der Waals surface area contributed by atoms with Crippen molar-refractivity contribution in [1.82, 2.24) is 20.0 Å². The van der Waals surface area contributed by atoms with E-state index in [1.807, 2.05) is 11.3 Å². The Labute approximate surface area is 141 Å². The van der Waals surface area contributed by atoms with Crippen molar-refractivity contribution in [2.24, 2.45) is 0 Å². The number of rotatable bonds is 8. The van der Waals surface area contributed by atoms with Crippen LogP contribution in [0.3, 0.4) is 0 Å². The third kappa shape index (κ3) is 6.76. The Balaban J connectivity index is 1.52. The summed E-state index contributed by atoms with van der Waals surface area (Å²) in [5.41, 5.74) is 0. The van der Waals surface area contributed by atoms with E-state index in [-0.39, 0.29) is 0 Å². The maximum Gasteiger partial charge on any atom is 0.0300 e. The largest absolute Gasteiger partial charge is 0.311 e. The molecule has 1 saturated heterocycles. The molecule has 0 radical (unpaired) electrons. The molecule has 1 N–H and O–H groups in total. The smallest absolute Gasteiger partial charge is 0.0300 e. The van der Waals surface area contributed by atoms with Crippen LogP contribution in [-0.4, -0.2) is 81.2 Å². The van der Waals surface area contributed by atoms with Crippen LogP contribution in [0.25, 0.3) is 0 Å². The Kier molecular flexibility index (Phi) is 7.63. The maximum atomic E-state index is 3.54. The van der Waals surface area contributed by atoms with Crippen molar-refractivity contribution in [3.8, 4) is 0 Å². The molecule has 0 aromatic carbocycles. The Morgan fingerprint density at radius 1 is 1.19 bits per heavy atom. The van der Waals surface area contributed by atoms with Gasteiger partial charge in [0.25, 0.3) is 0 Å². The van der Waals surface area contributed by atoms with Crippen molar-refractivity contribution < 1.29 is 0 Å². The lowest BCUT2D eigenvalue weighted by Crippen LogP contribution is -2.49. The molecule has 0 aliphatic carbocycles. The molecule has 4 nitrogen and oxygen atoms in total. The molecule has 1 aromatic heterocycles. The van der Waals surface area contributed by atoms with Crippen LogP contribution < -0.4 is 5.32 Å². The number of hydrogen-bond acceptors (Lipinski definition) is 5. The highest BCUT2D eigenvalue weighted by molar-refractivity contribution is 9.10. The number of nitrogens with one attached hydrogen (secondary N) is 1. The van der Waals surface area contributed by atoms with Crippen LogP contribution >= 0.6 is 27.3 Å². The molecular formula is C15H27BrN4S. The maximum absolute atomic E-state index is 3.54. The summed E-state index contributed by atoms with van der Waals surface area (Å²) in [4.78, 5) is 8.81. The summed E-state index contributed by atoms with van der Waals surface area (Å²) in [6, 6.07) is 2.20. The molecule has 6 heteroatoms. The average molecular weight is 375 g/mol. The number of thiophene rings is 1. The summed E-state index contributed by atoms with van der Waals surface area (Å²) < 4.78 is 1.19. The predicted molar refractivity (Wildman–Crippen MR) is 95.2 cm³/mol. The third-order valence-corrected chi connectivity index (χ3v) is 5.55. The van der Waals surface area contributed by atoms with Gasteiger partial charge in [0.1, 0.15) is 0 Å². The van der Waals surface area contributed by atoms with Gasteiger partial charge in [0, 0.05) is 73.6 Å². The fraction of sp³-hybridized carbons (Fsp3) is 0.733. The lowest BCUT2D eigenvalue weighted by molar-refractivity contribution is 0.126. The van der Waals surface area contributed by atoms with Crippen LogP contribution in [0.5, 0.6) is 0 Å². The van der Waals surface area contributed by atoms with Crippen LogP contribution in [0.2, 0.25) is 0 Å². The fourth-order valence-corrected chi connectivity index (χ4v) is 3.89. The van der Waals surface area contributed by atoms with Gasteiger partial charge in [-0.1, -0.05) is 0 Å². The van der Waals surface area contributed by atoms with Crippen molar-refractivity contribution in [2.75, 3.05) is 66.5 Å². The molecule has 21 heavy (non-hydrogen) atoms. The zero-order chi connectivity index (χ0) is 15.1. The van der Waals surface area contributed by atoms with Gasteiger partial charge < -0.3 is 10.2 Å². The summed E-state index contributed by atoms with van der Waals surface area (Å²) in [7, 11) is 4.29. The van der Waals surface area contributed by atoms with Gasteiger partial charge in [-0.15, -0.1) is 11.3 Å². The standard InChI is InChI=1S/C15H27BrN4S/c1-18(2)5-6-20-9-7-19(8-10-20)4-3-17-12-15-11-14(16)13-21-15/h11,13,17H,3-10,12H2,1-2H3. The summed E-state index contributed by atoms with van der Waals surface area (Å²) in [6.45, 7) is 10.4. The van der Waals surface area contributed by atoms with Gasteiger partial charge in [0.15, 0.2) is 0 Å². The van der Waals surface area contributed by atoms with Crippen LogP contribution in [0.4, 0.5) is 0 Å². The molecule has 1 aliphatic heterocycles. The molecular weight excluding hydrogens is 348 g/mol. The molecule has 0 bridgehead atoms. The van der Waals surface area contributed by atoms with Gasteiger partial charge in [-0.3, -0.25) is 9.80 Å². The molecule has 0 saturated carbocycles. The molecule has 1 aromatic rings. The number of likely N-dealkylation sites (N-methyl/N-ethyl adjacent to an activating group) is 1. The van der Waals surface area contributed by atoms with Crippen LogP contribution in [0, 0.1) is 0 Å². The summed E-state index contributed by atoms with van der Waals surface area (Å²) in [6.07, 6.45) is 0. The van der Waals surface area contributed by atoms with Gasteiger partial charge in [0.05, 0.1) is 0 Å². The fourth-order valence-electron chi connectivity index (χ4n) is 2.47. The summed E-state index contributed by atoms with van der Waals surface area (Å²) in [5, 5.41) is 5.68. The van der Waals surface area contributed by atoms with Gasteiger partial charge >= 0.3 is 0 Å². The molecule has 0 spiro atoms. The first-order valence-electron chi connectivity index (χ1n) is 7.66. The van der Waals surface area contributed by atoms with E-state index >= 15 is 0 Å². The monoisotopic (exact) mass is 374 g/mol. The molecule has 120 valence electrons. The Bertz CT molecular complexity index is 402. The van der Waals surface area contributed by atoms with E-state index in [0.717, 1.165) is 26.2 Å². The molecule has 2 rings (SSSR count). The molecule has 0 amide bonds. The molecule has 0 unspecified atom stereocenters. The summed E-state index contributed by atoms with van der Waals surface area (Å²) in [5.74, 6) is 0. The van der Waals surface area contributed by atoms with Crippen molar-refractivity contribution in [3.05, 3.63) is 20.8 Å². The minimum absolute atomic E-state index is 0.985. The van der Waals surface area contributed by atoms with Crippen molar-refractivity contribution in [3.63, 3.8) is 0 Å². The molecule has 1 aliphatic rings. The van der Waals surface area contributed by atoms with Crippen LogP contribution in [0.1, 0.15) is 4.88 Å². The van der Waals surface area contributed by atoms with Crippen molar-refractivity contribution in [1.29, 1.82) is 0 Å². The zero-order valence-corrected chi connectivity index (χ0v) is 15.5. The zero-order valence-electron chi connectivity index (χ0n) is 13.1. The number of nitrogens with zero attached hydrogens (tertiary/aromatic N) is 3. The minimum atomic E-state index is 0.985. The normalized spacial score (nSPS) is 17.7. The SMILES string of the molecule is CN(C)CCN1CCN(CCNCc2cc(Br)cs2)CC1. The van der Waals surface area contributed by atoms with Crippen LogP contribution in [0.15, 0.2) is 15.9 Å². The van der Waals surface area contributed by atoms with E-state index in [1.54, 1.807) is 0 Å². The Morgan fingerprint density at radius 2 is 1.86 bits per heavy atom. The Morgan fingerprint density at radius 3 is 2.43 bits per heavy atom. The van der Waals surface area contributed by atoms with Gasteiger partial charge in [-0.2, -0.15) is 0 Å². The van der Waals surface area contributed by atoms with E-state index in [0.29, 0.717) is 0 Å². The number of hydrogen-bond donors (Lipinski definition) is 1. The topological polar surface area (TPSA) is 21.8 Å². The van der Waals surface area contributed by atoms with E-state index in [1.165, 1.54) is 42.1 Å². The summed E-state index contributed by atoms with van der Waals surface area (Å²) >= 11 is 5.31. The first-order chi connectivity index (χ1) is 10.1.